The van der Waals surface area contributed by atoms with Gasteiger partial charge in [0.25, 0.3) is 11.7 Å². The Kier molecular flexibility index (Phi) is 7.02. The Labute approximate surface area is 198 Å². The molecule has 0 radical (unpaired) electrons. The Bertz CT molecular complexity index is 1080. The van der Waals surface area contributed by atoms with E-state index in [4.69, 9.17) is 21.1 Å². The number of aryl methyl sites for hydroxylation is 1. The average Bonchev–Trinajstić information content (AvgIpc) is 3.08. The van der Waals surface area contributed by atoms with Crippen LogP contribution in [0.3, 0.4) is 0 Å². The van der Waals surface area contributed by atoms with E-state index in [1.165, 1.54) is 0 Å². The number of amides is 1. The lowest BCUT2D eigenvalue weighted by Crippen LogP contribution is -2.42. The maximum atomic E-state index is 13.2. The number of carbonyl (C=O) groups is 2. The first kappa shape index (κ1) is 23.3. The number of ketones is 1. The minimum absolute atomic E-state index is 0.0811. The van der Waals surface area contributed by atoms with Crippen molar-refractivity contribution in [1.29, 1.82) is 0 Å². The number of morpholine rings is 1. The molecule has 1 N–H and O–H groups in total. The molecule has 0 spiro atoms. The van der Waals surface area contributed by atoms with Crippen molar-refractivity contribution in [3.63, 3.8) is 0 Å². The quantitative estimate of drug-likeness (QED) is 0.396. The fourth-order valence-corrected chi connectivity index (χ4v) is 4.48. The largest absolute Gasteiger partial charge is 0.507 e. The second kappa shape index (κ2) is 9.95. The number of Topliss-reactive ketones (excluding diaryl/α,β-unsaturated/α-hetero) is 1. The molecule has 7 nitrogen and oxygen atoms in total. The lowest BCUT2D eigenvalue weighted by Gasteiger charge is -2.31. The van der Waals surface area contributed by atoms with Crippen molar-refractivity contribution in [1.82, 2.24) is 9.80 Å². The van der Waals surface area contributed by atoms with Crippen molar-refractivity contribution in [2.45, 2.75) is 13.0 Å². The van der Waals surface area contributed by atoms with E-state index in [1.54, 1.807) is 54.5 Å². The number of hydrogen-bond donors (Lipinski definition) is 1. The molecule has 0 aliphatic carbocycles. The summed E-state index contributed by atoms with van der Waals surface area (Å²) in [5.74, 6) is -0.854. The second-order valence-corrected chi connectivity index (χ2v) is 8.62. The van der Waals surface area contributed by atoms with Gasteiger partial charge in [-0.05, 0) is 48.4 Å². The van der Waals surface area contributed by atoms with E-state index in [9.17, 15) is 14.7 Å². The van der Waals surface area contributed by atoms with Gasteiger partial charge in [0, 0.05) is 36.8 Å². The maximum Gasteiger partial charge on any atom is 0.295 e. The van der Waals surface area contributed by atoms with Crippen LogP contribution in [0.2, 0.25) is 5.02 Å². The highest BCUT2D eigenvalue weighted by Gasteiger charge is 2.46. The molecule has 1 atom stereocenters. The molecule has 174 valence electrons. The fraction of sp³-hybridized carbons (Fsp3) is 0.360. The van der Waals surface area contributed by atoms with Gasteiger partial charge in [-0.25, -0.2) is 0 Å². The zero-order chi connectivity index (χ0) is 23.5. The van der Waals surface area contributed by atoms with Crippen molar-refractivity contribution in [3.05, 3.63) is 69.8 Å². The number of ether oxygens (including phenoxy) is 2. The van der Waals surface area contributed by atoms with E-state index < -0.39 is 17.7 Å². The van der Waals surface area contributed by atoms with Crippen molar-refractivity contribution in [2.75, 3.05) is 46.5 Å². The third-order valence-corrected chi connectivity index (χ3v) is 6.43. The van der Waals surface area contributed by atoms with Crippen LogP contribution in [0.5, 0.6) is 5.75 Å². The number of aliphatic hydroxyl groups excluding tert-OH is 1. The van der Waals surface area contributed by atoms with Crippen LogP contribution in [-0.4, -0.2) is 73.1 Å². The van der Waals surface area contributed by atoms with Crippen LogP contribution in [-0.2, 0) is 14.3 Å². The van der Waals surface area contributed by atoms with Crippen LogP contribution in [0.25, 0.3) is 5.76 Å². The van der Waals surface area contributed by atoms with E-state index in [2.05, 4.69) is 4.90 Å². The molecule has 0 bridgehead atoms. The van der Waals surface area contributed by atoms with Gasteiger partial charge in [0.2, 0.25) is 0 Å². The molecule has 2 fully saturated rings. The van der Waals surface area contributed by atoms with Gasteiger partial charge in [-0.1, -0.05) is 23.7 Å². The van der Waals surface area contributed by atoms with Gasteiger partial charge in [-0.3, -0.25) is 14.5 Å². The molecule has 2 aromatic carbocycles. The van der Waals surface area contributed by atoms with Crippen molar-refractivity contribution < 1.29 is 24.2 Å². The predicted molar refractivity (Wildman–Crippen MR) is 125 cm³/mol. The average molecular weight is 471 g/mol. The van der Waals surface area contributed by atoms with Gasteiger partial charge in [0.15, 0.2) is 0 Å². The molecule has 8 heteroatoms. The summed E-state index contributed by atoms with van der Waals surface area (Å²) in [5.41, 5.74) is 2.02. The molecule has 0 saturated carbocycles. The van der Waals surface area contributed by atoms with Gasteiger partial charge >= 0.3 is 0 Å². The Morgan fingerprint density at radius 3 is 2.45 bits per heavy atom. The van der Waals surface area contributed by atoms with E-state index in [1.807, 2.05) is 6.92 Å². The number of halogens is 1. The van der Waals surface area contributed by atoms with Crippen LogP contribution in [0.4, 0.5) is 0 Å². The molecule has 2 aliphatic heterocycles. The summed E-state index contributed by atoms with van der Waals surface area (Å²) in [4.78, 5) is 30.0. The minimum Gasteiger partial charge on any atom is -0.507 e. The third kappa shape index (κ3) is 4.76. The number of hydrogen-bond acceptors (Lipinski definition) is 6. The number of carbonyl (C=O) groups excluding carboxylic acids is 2. The normalized spacial score (nSPS) is 20.9. The lowest BCUT2D eigenvalue weighted by atomic mass is 9.94. The molecule has 0 unspecified atom stereocenters. The molecular formula is C25H27ClN2O5. The van der Waals surface area contributed by atoms with Crippen LogP contribution >= 0.6 is 11.6 Å². The summed E-state index contributed by atoms with van der Waals surface area (Å²) in [5, 5.41) is 11.8. The Hall–Kier alpha value is -2.87. The van der Waals surface area contributed by atoms with Crippen LogP contribution < -0.4 is 4.74 Å². The summed E-state index contributed by atoms with van der Waals surface area (Å²) < 4.78 is 10.6. The van der Waals surface area contributed by atoms with Crippen molar-refractivity contribution in [3.8, 4) is 5.75 Å². The van der Waals surface area contributed by atoms with Gasteiger partial charge in [-0.2, -0.15) is 0 Å². The van der Waals surface area contributed by atoms with Crippen LogP contribution in [0, 0.1) is 6.92 Å². The number of aliphatic hydroxyl groups is 1. The molecule has 33 heavy (non-hydrogen) atoms. The van der Waals surface area contributed by atoms with Crippen molar-refractivity contribution >= 4 is 29.1 Å². The van der Waals surface area contributed by atoms with E-state index in [0.717, 1.165) is 18.7 Å². The van der Waals surface area contributed by atoms with E-state index in [-0.39, 0.29) is 11.3 Å². The maximum absolute atomic E-state index is 13.2. The smallest absolute Gasteiger partial charge is 0.295 e. The number of nitrogens with zero attached hydrogens (tertiary/aromatic N) is 2. The van der Waals surface area contributed by atoms with Gasteiger partial charge < -0.3 is 19.5 Å². The zero-order valence-corrected chi connectivity index (χ0v) is 19.5. The first-order chi connectivity index (χ1) is 15.9. The number of methoxy groups -OCH3 is 1. The molecule has 2 heterocycles. The lowest BCUT2D eigenvalue weighted by molar-refractivity contribution is -0.140. The Morgan fingerprint density at radius 1 is 1.12 bits per heavy atom. The summed E-state index contributed by atoms with van der Waals surface area (Å²) in [6, 6.07) is 11.5. The Balaban J connectivity index is 1.75. The summed E-state index contributed by atoms with van der Waals surface area (Å²) >= 11 is 6.08. The highest BCUT2D eigenvalue weighted by molar-refractivity contribution is 6.46. The van der Waals surface area contributed by atoms with Crippen LogP contribution in [0.1, 0.15) is 22.7 Å². The minimum atomic E-state index is -0.704. The topological polar surface area (TPSA) is 79.3 Å². The summed E-state index contributed by atoms with van der Waals surface area (Å²) in [6.07, 6.45) is 0. The zero-order valence-electron chi connectivity index (χ0n) is 18.7. The summed E-state index contributed by atoms with van der Waals surface area (Å²) in [6.45, 7) is 5.65. The number of rotatable bonds is 6. The monoisotopic (exact) mass is 470 g/mol. The second-order valence-electron chi connectivity index (χ2n) is 8.18. The predicted octanol–water partition coefficient (Wildman–Crippen LogP) is 3.41. The highest BCUT2D eigenvalue weighted by atomic mass is 35.5. The first-order valence-electron chi connectivity index (χ1n) is 10.9. The van der Waals surface area contributed by atoms with Crippen LogP contribution in [0.15, 0.2) is 48.0 Å². The van der Waals surface area contributed by atoms with Crippen molar-refractivity contribution in [2.24, 2.45) is 0 Å². The number of benzene rings is 2. The molecule has 2 aliphatic rings. The molecule has 4 rings (SSSR count). The number of likely N-dealkylation sites (tertiary alicyclic amines) is 1. The van der Waals surface area contributed by atoms with E-state index in [0.29, 0.717) is 48.2 Å². The standard InChI is InChI=1S/C25H27ClN2O5/c1-16-15-19(32-2)7-8-20(16)23(29)21-22(17-3-5-18(26)6-4-17)28(25(31)24(21)30)10-9-27-11-13-33-14-12-27/h3-8,15,22,29H,9-14H2,1-2H3/b23-21+/t22-/m0/s1. The SMILES string of the molecule is COc1ccc(/C(O)=C2\C(=O)C(=O)N(CCN3CCOCC3)[C@H]2c2ccc(Cl)cc2)c(C)c1. The van der Waals surface area contributed by atoms with Gasteiger partial charge in [0.05, 0.1) is 31.9 Å². The highest BCUT2D eigenvalue weighted by Crippen LogP contribution is 2.40. The van der Waals surface area contributed by atoms with Gasteiger partial charge in [0.1, 0.15) is 11.5 Å². The molecule has 2 saturated heterocycles. The van der Waals surface area contributed by atoms with Gasteiger partial charge in [-0.15, -0.1) is 0 Å². The molecule has 0 aromatic heterocycles. The molecule has 1 amide bonds. The fourth-order valence-electron chi connectivity index (χ4n) is 4.35. The molecule has 2 aromatic rings. The van der Waals surface area contributed by atoms with E-state index >= 15 is 0 Å². The Morgan fingerprint density at radius 2 is 1.82 bits per heavy atom. The molecular weight excluding hydrogens is 444 g/mol. The third-order valence-electron chi connectivity index (χ3n) is 6.18. The summed E-state index contributed by atoms with van der Waals surface area (Å²) in [7, 11) is 1.56. The first-order valence-corrected chi connectivity index (χ1v) is 11.3.